The molecular weight excluding hydrogens is 438 g/mol. The summed E-state index contributed by atoms with van der Waals surface area (Å²) in [6.07, 6.45) is 2.33. The van der Waals surface area contributed by atoms with Gasteiger partial charge in [-0.3, -0.25) is 9.36 Å². The third-order valence-electron chi connectivity index (χ3n) is 5.29. The minimum atomic E-state index is -0.0717. The predicted octanol–water partition coefficient (Wildman–Crippen LogP) is 4.39. The Hall–Kier alpha value is -2.01. The Morgan fingerprint density at radius 2 is 2.27 bits per heavy atom. The molecule has 0 spiro atoms. The zero-order chi connectivity index (χ0) is 20.7. The van der Waals surface area contributed by atoms with Crippen molar-refractivity contribution in [1.82, 2.24) is 24.7 Å². The van der Waals surface area contributed by atoms with Crippen molar-refractivity contribution in [3.05, 3.63) is 44.1 Å². The number of nitrogens with zero attached hydrogens (tertiary/aromatic N) is 4. The van der Waals surface area contributed by atoms with Crippen LogP contribution < -0.4 is 5.56 Å². The van der Waals surface area contributed by atoms with Gasteiger partial charge in [-0.2, -0.15) is 0 Å². The van der Waals surface area contributed by atoms with Gasteiger partial charge in [0.1, 0.15) is 10.7 Å². The van der Waals surface area contributed by atoms with E-state index in [1.807, 2.05) is 25.3 Å². The number of aryl methyl sites for hydroxylation is 2. The van der Waals surface area contributed by atoms with E-state index < -0.39 is 0 Å². The molecule has 7 nitrogen and oxygen atoms in total. The average Bonchev–Trinajstić information content (AvgIpc) is 3.50. The summed E-state index contributed by atoms with van der Waals surface area (Å²) in [6.45, 7) is 5.54. The molecular formula is C20H21N5O2S3. The van der Waals surface area contributed by atoms with E-state index in [0.717, 1.165) is 57.1 Å². The second-order valence-corrected chi connectivity index (χ2v) is 10.4. The summed E-state index contributed by atoms with van der Waals surface area (Å²) in [5, 5.41) is 12.5. The molecule has 0 amide bonds. The maximum Gasteiger partial charge on any atom is 0.259 e. The fraction of sp³-hybridized carbons (Fsp3) is 0.400. The maximum absolute atomic E-state index is 12.6. The first kappa shape index (κ1) is 19.9. The lowest BCUT2D eigenvalue weighted by Gasteiger charge is -2.14. The predicted molar refractivity (Wildman–Crippen MR) is 122 cm³/mol. The highest BCUT2D eigenvalue weighted by molar-refractivity contribution is 7.98. The van der Waals surface area contributed by atoms with Gasteiger partial charge in [-0.05, 0) is 43.7 Å². The highest BCUT2D eigenvalue weighted by Crippen LogP contribution is 2.31. The van der Waals surface area contributed by atoms with Gasteiger partial charge in [0.15, 0.2) is 11.0 Å². The highest BCUT2D eigenvalue weighted by atomic mass is 32.2. The molecule has 1 aliphatic heterocycles. The number of ether oxygens (including phenoxy) is 1. The molecule has 1 atom stereocenters. The van der Waals surface area contributed by atoms with Crippen LogP contribution in [0.3, 0.4) is 0 Å². The SMILES string of the molecule is Cc1sc2nc(CSc3nnc(-c4cccs4)n3C[C@H]3CCCO3)[nH]c(=O)c2c1C. The third-order valence-corrected chi connectivity index (χ3v) is 8.24. The molecule has 10 heteroatoms. The number of aromatic nitrogens is 5. The Morgan fingerprint density at radius 3 is 3.03 bits per heavy atom. The van der Waals surface area contributed by atoms with Crippen LogP contribution in [0.5, 0.6) is 0 Å². The van der Waals surface area contributed by atoms with Gasteiger partial charge < -0.3 is 9.72 Å². The standard InChI is InChI=1S/C20H21N5O2S3/c1-11-12(2)30-19-16(11)18(26)21-15(22-19)10-29-20-24-23-17(14-6-4-8-28-14)25(20)9-13-5-3-7-27-13/h4,6,8,13H,3,5,7,9-10H2,1-2H3,(H,21,22,26)/t13-/m1/s1. The number of hydrogen-bond acceptors (Lipinski definition) is 8. The number of thiophene rings is 2. The zero-order valence-corrected chi connectivity index (χ0v) is 19.1. The zero-order valence-electron chi connectivity index (χ0n) is 16.7. The Balaban J connectivity index is 1.43. The van der Waals surface area contributed by atoms with Crippen molar-refractivity contribution in [3.8, 4) is 10.7 Å². The summed E-state index contributed by atoms with van der Waals surface area (Å²) in [6, 6.07) is 4.08. The molecule has 4 aromatic heterocycles. The van der Waals surface area contributed by atoms with Gasteiger partial charge in [-0.25, -0.2) is 4.98 Å². The van der Waals surface area contributed by atoms with Crippen molar-refractivity contribution < 1.29 is 4.74 Å². The first-order valence-corrected chi connectivity index (χ1v) is 12.5. The van der Waals surface area contributed by atoms with Gasteiger partial charge in [-0.1, -0.05) is 17.8 Å². The fourth-order valence-electron chi connectivity index (χ4n) is 3.64. The van der Waals surface area contributed by atoms with E-state index in [9.17, 15) is 4.79 Å². The van der Waals surface area contributed by atoms with Crippen molar-refractivity contribution in [3.63, 3.8) is 0 Å². The molecule has 1 N–H and O–H groups in total. The molecule has 0 radical (unpaired) electrons. The number of rotatable bonds is 6. The first-order valence-electron chi connectivity index (χ1n) is 9.80. The molecule has 156 valence electrons. The molecule has 0 bridgehead atoms. The number of H-pyrrole nitrogens is 1. The molecule has 0 aliphatic carbocycles. The van der Waals surface area contributed by atoms with Gasteiger partial charge in [0.2, 0.25) is 0 Å². The Labute approximate surface area is 185 Å². The molecule has 0 aromatic carbocycles. The van der Waals surface area contributed by atoms with E-state index in [-0.39, 0.29) is 11.7 Å². The Morgan fingerprint density at radius 1 is 1.37 bits per heavy atom. The van der Waals surface area contributed by atoms with Gasteiger partial charge >= 0.3 is 0 Å². The summed E-state index contributed by atoms with van der Waals surface area (Å²) in [5.41, 5.74) is 0.942. The Bertz CT molecular complexity index is 1240. The second-order valence-electron chi connectivity index (χ2n) is 7.29. The fourth-order valence-corrected chi connectivity index (χ4v) is 6.22. The lowest BCUT2D eigenvalue weighted by Crippen LogP contribution is -2.16. The van der Waals surface area contributed by atoms with Crippen molar-refractivity contribution in [1.29, 1.82) is 0 Å². The lowest BCUT2D eigenvalue weighted by molar-refractivity contribution is 0.0953. The quantitative estimate of drug-likeness (QED) is 0.430. The normalized spacial score (nSPS) is 16.7. The monoisotopic (exact) mass is 459 g/mol. The second kappa shape index (κ2) is 8.26. The van der Waals surface area contributed by atoms with Crippen LogP contribution in [0.25, 0.3) is 20.9 Å². The van der Waals surface area contributed by atoms with Crippen LogP contribution in [0.2, 0.25) is 0 Å². The van der Waals surface area contributed by atoms with Crippen molar-refractivity contribution >= 4 is 44.7 Å². The molecule has 1 saturated heterocycles. The summed E-state index contributed by atoms with van der Waals surface area (Å²) in [4.78, 5) is 23.2. The number of fused-ring (bicyclic) bond motifs is 1. The summed E-state index contributed by atoms with van der Waals surface area (Å²) in [7, 11) is 0. The van der Waals surface area contributed by atoms with Crippen LogP contribution in [0, 0.1) is 13.8 Å². The highest BCUT2D eigenvalue weighted by Gasteiger charge is 2.22. The van der Waals surface area contributed by atoms with Crippen LogP contribution >= 0.6 is 34.4 Å². The summed E-state index contributed by atoms with van der Waals surface area (Å²) in [5.74, 6) is 2.04. The summed E-state index contributed by atoms with van der Waals surface area (Å²) >= 11 is 4.76. The first-order chi connectivity index (χ1) is 14.6. The van der Waals surface area contributed by atoms with Crippen LogP contribution in [0.1, 0.15) is 29.1 Å². The number of nitrogens with one attached hydrogen (secondary N) is 1. The van der Waals surface area contributed by atoms with E-state index >= 15 is 0 Å². The van der Waals surface area contributed by atoms with Gasteiger partial charge in [0.05, 0.1) is 28.7 Å². The van der Waals surface area contributed by atoms with E-state index in [0.29, 0.717) is 17.0 Å². The van der Waals surface area contributed by atoms with Gasteiger partial charge in [-0.15, -0.1) is 32.9 Å². The van der Waals surface area contributed by atoms with E-state index in [4.69, 9.17) is 4.74 Å². The van der Waals surface area contributed by atoms with E-state index in [1.165, 1.54) is 0 Å². The molecule has 5 rings (SSSR count). The van der Waals surface area contributed by atoms with Crippen molar-refractivity contribution in [2.24, 2.45) is 0 Å². The third kappa shape index (κ3) is 3.73. The van der Waals surface area contributed by atoms with Gasteiger partial charge in [0, 0.05) is 11.5 Å². The number of thioether (sulfide) groups is 1. The minimum Gasteiger partial charge on any atom is -0.376 e. The minimum absolute atomic E-state index is 0.0717. The smallest absolute Gasteiger partial charge is 0.259 e. The molecule has 4 aromatic rings. The lowest BCUT2D eigenvalue weighted by atomic mass is 10.2. The average molecular weight is 460 g/mol. The van der Waals surface area contributed by atoms with Crippen LogP contribution in [-0.2, 0) is 17.0 Å². The topological polar surface area (TPSA) is 85.7 Å². The van der Waals surface area contributed by atoms with E-state index in [2.05, 4.69) is 30.8 Å². The molecule has 1 aliphatic rings. The molecule has 0 saturated carbocycles. The molecule has 0 unspecified atom stereocenters. The maximum atomic E-state index is 12.6. The number of hydrogen-bond donors (Lipinski definition) is 1. The van der Waals surface area contributed by atoms with E-state index in [1.54, 1.807) is 34.4 Å². The summed E-state index contributed by atoms with van der Waals surface area (Å²) < 4.78 is 7.99. The van der Waals surface area contributed by atoms with Crippen molar-refractivity contribution in [2.75, 3.05) is 6.61 Å². The van der Waals surface area contributed by atoms with Crippen LogP contribution in [0.15, 0.2) is 27.5 Å². The molecule has 5 heterocycles. The van der Waals surface area contributed by atoms with Crippen LogP contribution in [0.4, 0.5) is 0 Å². The molecule has 1 fully saturated rings. The van der Waals surface area contributed by atoms with Crippen LogP contribution in [-0.4, -0.2) is 37.4 Å². The Kier molecular flexibility index (Phi) is 5.48. The van der Waals surface area contributed by atoms with Gasteiger partial charge in [0.25, 0.3) is 5.56 Å². The number of aromatic amines is 1. The molecule has 30 heavy (non-hydrogen) atoms. The van der Waals surface area contributed by atoms with Crippen molar-refractivity contribution in [2.45, 2.75) is 50.2 Å². The largest absolute Gasteiger partial charge is 0.376 e.